The van der Waals surface area contributed by atoms with Crippen molar-refractivity contribution < 1.29 is 9.13 Å². The first kappa shape index (κ1) is 14.6. The molecule has 0 atom stereocenters. The Kier molecular flexibility index (Phi) is 6.34. The Morgan fingerprint density at radius 1 is 1.39 bits per heavy atom. The lowest BCUT2D eigenvalue weighted by atomic mass is 10.1. The van der Waals surface area contributed by atoms with E-state index < -0.39 is 0 Å². The van der Waals surface area contributed by atoms with E-state index in [1.165, 1.54) is 18.2 Å². The standard InChI is InChI=1S/C14H19FN2O/c1-3-17(7-8-18-4-2)11-13-9-14(15)6-5-12(13)10-16/h5-6,9H,3-4,7-8,11H2,1-2H3. The van der Waals surface area contributed by atoms with Crippen LogP contribution in [0, 0.1) is 17.1 Å². The molecule has 0 N–H and O–H groups in total. The third kappa shape index (κ3) is 4.44. The van der Waals surface area contributed by atoms with E-state index >= 15 is 0 Å². The van der Waals surface area contributed by atoms with E-state index in [4.69, 9.17) is 10.00 Å². The van der Waals surface area contributed by atoms with Gasteiger partial charge in [0.05, 0.1) is 18.2 Å². The van der Waals surface area contributed by atoms with E-state index in [9.17, 15) is 4.39 Å². The highest BCUT2D eigenvalue weighted by Crippen LogP contribution is 2.13. The number of ether oxygens (including phenoxy) is 1. The lowest BCUT2D eigenvalue weighted by molar-refractivity contribution is 0.113. The molecule has 98 valence electrons. The van der Waals surface area contributed by atoms with Crippen LogP contribution in [0.5, 0.6) is 0 Å². The summed E-state index contributed by atoms with van der Waals surface area (Å²) in [6.07, 6.45) is 0. The van der Waals surface area contributed by atoms with Gasteiger partial charge in [0.1, 0.15) is 5.82 Å². The van der Waals surface area contributed by atoms with Gasteiger partial charge < -0.3 is 4.74 Å². The van der Waals surface area contributed by atoms with Gasteiger partial charge in [-0.25, -0.2) is 4.39 Å². The zero-order valence-corrected chi connectivity index (χ0v) is 10.9. The van der Waals surface area contributed by atoms with Crippen molar-refractivity contribution >= 4 is 0 Å². The molecule has 0 radical (unpaired) electrons. The van der Waals surface area contributed by atoms with E-state index in [0.29, 0.717) is 25.3 Å². The van der Waals surface area contributed by atoms with E-state index in [1.807, 2.05) is 13.8 Å². The topological polar surface area (TPSA) is 36.3 Å². The fourth-order valence-corrected chi connectivity index (χ4v) is 1.73. The van der Waals surface area contributed by atoms with Gasteiger partial charge in [-0.3, -0.25) is 4.90 Å². The summed E-state index contributed by atoms with van der Waals surface area (Å²) in [6.45, 7) is 7.54. The SMILES string of the molecule is CCOCCN(CC)Cc1cc(F)ccc1C#N. The Balaban J connectivity index is 2.69. The van der Waals surface area contributed by atoms with Crippen LogP contribution >= 0.6 is 0 Å². The Morgan fingerprint density at radius 2 is 2.17 bits per heavy atom. The molecule has 18 heavy (non-hydrogen) atoms. The van der Waals surface area contributed by atoms with Gasteiger partial charge in [-0.1, -0.05) is 6.92 Å². The van der Waals surface area contributed by atoms with Crippen molar-refractivity contribution in [1.29, 1.82) is 5.26 Å². The number of hydrogen-bond donors (Lipinski definition) is 0. The molecule has 1 aromatic rings. The summed E-state index contributed by atoms with van der Waals surface area (Å²) in [5.74, 6) is -0.301. The second-order valence-electron chi connectivity index (χ2n) is 3.98. The number of hydrogen-bond acceptors (Lipinski definition) is 3. The van der Waals surface area contributed by atoms with Crippen LogP contribution in [0.25, 0.3) is 0 Å². The van der Waals surface area contributed by atoms with Crippen LogP contribution in [-0.2, 0) is 11.3 Å². The molecule has 0 aliphatic rings. The zero-order valence-electron chi connectivity index (χ0n) is 10.9. The Morgan fingerprint density at radius 3 is 2.78 bits per heavy atom. The van der Waals surface area contributed by atoms with Crippen molar-refractivity contribution in [2.45, 2.75) is 20.4 Å². The van der Waals surface area contributed by atoms with Gasteiger partial charge in [-0.15, -0.1) is 0 Å². The minimum absolute atomic E-state index is 0.301. The molecule has 0 heterocycles. The molecule has 1 aromatic carbocycles. The van der Waals surface area contributed by atoms with Crippen molar-refractivity contribution in [2.75, 3.05) is 26.3 Å². The van der Waals surface area contributed by atoms with Crippen molar-refractivity contribution in [3.63, 3.8) is 0 Å². The molecule has 0 amide bonds. The molecule has 0 unspecified atom stereocenters. The highest BCUT2D eigenvalue weighted by atomic mass is 19.1. The molecule has 0 fully saturated rings. The first-order valence-corrected chi connectivity index (χ1v) is 6.19. The minimum atomic E-state index is -0.301. The molecular formula is C14H19FN2O. The maximum atomic E-state index is 13.2. The highest BCUT2D eigenvalue weighted by Gasteiger charge is 2.08. The third-order valence-electron chi connectivity index (χ3n) is 2.78. The molecule has 3 nitrogen and oxygen atoms in total. The van der Waals surface area contributed by atoms with Crippen molar-refractivity contribution in [3.8, 4) is 6.07 Å². The van der Waals surface area contributed by atoms with Crippen LogP contribution in [-0.4, -0.2) is 31.2 Å². The van der Waals surface area contributed by atoms with E-state index in [2.05, 4.69) is 11.0 Å². The summed E-state index contributed by atoms with van der Waals surface area (Å²) in [6, 6.07) is 6.37. The van der Waals surface area contributed by atoms with Crippen LogP contribution in [0.2, 0.25) is 0 Å². The number of nitrogens with zero attached hydrogens (tertiary/aromatic N) is 2. The summed E-state index contributed by atoms with van der Waals surface area (Å²) in [5, 5.41) is 8.99. The second kappa shape index (κ2) is 7.80. The summed E-state index contributed by atoms with van der Waals surface area (Å²) in [4.78, 5) is 2.13. The number of likely N-dealkylation sites (N-methyl/N-ethyl adjacent to an activating group) is 1. The maximum absolute atomic E-state index is 13.2. The van der Waals surface area contributed by atoms with Crippen molar-refractivity contribution in [2.24, 2.45) is 0 Å². The quantitative estimate of drug-likeness (QED) is 0.698. The molecule has 1 rings (SSSR count). The average Bonchev–Trinajstić information content (AvgIpc) is 2.38. The van der Waals surface area contributed by atoms with E-state index in [1.54, 1.807) is 0 Å². The van der Waals surface area contributed by atoms with Gasteiger partial charge in [-0.05, 0) is 37.2 Å². The minimum Gasteiger partial charge on any atom is -0.380 e. The van der Waals surface area contributed by atoms with E-state index in [0.717, 1.165) is 18.7 Å². The van der Waals surface area contributed by atoms with Gasteiger partial charge in [0.15, 0.2) is 0 Å². The normalized spacial score (nSPS) is 10.6. The smallest absolute Gasteiger partial charge is 0.123 e. The van der Waals surface area contributed by atoms with Crippen LogP contribution in [0.4, 0.5) is 4.39 Å². The molecule has 4 heteroatoms. The first-order valence-electron chi connectivity index (χ1n) is 6.19. The first-order chi connectivity index (χ1) is 8.71. The van der Waals surface area contributed by atoms with Gasteiger partial charge in [0.25, 0.3) is 0 Å². The lowest BCUT2D eigenvalue weighted by Gasteiger charge is -2.20. The van der Waals surface area contributed by atoms with Crippen LogP contribution in [0.1, 0.15) is 25.0 Å². The molecule has 0 saturated carbocycles. The Hall–Kier alpha value is -1.44. The fraction of sp³-hybridized carbons (Fsp3) is 0.500. The zero-order chi connectivity index (χ0) is 13.4. The summed E-state index contributed by atoms with van der Waals surface area (Å²) >= 11 is 0. The molecule has 0 aliphatic heterocycles. The van der Waals surface area contributed by atoms with E-state index in [-0.39, 0.29) is 5.82 Å². The van der Waals surface area contributed by atoms with Crippen LogP contribution in [0.3, 0.4) is 0 Å². The largest absolute Gasteiger partial charge is 0.380 e. The fourth-order valence-electron chi connectivity index (χ4n) is 1.73. The number of benzene rings is 1. The van der Waals surface area contributed by atoms with Gasteiger partial charge in [0.2, 0.25) is 0 Å². The summed E-state index contributed by atoms with van der Waals surface area (Å²) in [7, 11) is 0. The lowest BCUT2D eigenvalue weighted by Crippen LogP contribution is -2.27. The predicted molar refractivity (Wildman–Crippen MR) is 68.6 cm³/mol. The molecule has 0 aliphatic carbocycles. The van der Waals surface area contributed by atoms with Crippen molar-refractivity contribution in [1.82, 2.24) is 4.90 Å². The number of nitriles is 1. The molecule has 0 saturated heterocycles. The average molecular weight is 250 g/mol. The summed E-state index contributed by atoms with van der Waals surface area (Å²) in [5.41, 5.74) is 1.27. The Labute approximate surface area is 108 Å². The third-order valence-corrected chi connectivity index (χ3v) is 2.78. The molecule has 0 spiro atoms. The monoisotopic (exact) mass is 250 g/mol. The number of halogens is 1. The van der Waals surface area contributed by atoms with Gasteiger partial charge in [-0.2, -0.15) is 5.26 Å². The molecular weight excluding hydrogens is 231 g/mol. The predicted octanol–water partition coefficient (Wildman–Crippen LogP) is 2.56. The maximum Gasteiger partial charge on any atom is 0.123 e. The van der Waals surface area contributed by atoms with Crippen LogP contribution in [0.15, 0.2) is 18.2 Å². The Bertz CT molecular complexity index is 415. The molecule has 0 aromatic heterocycles. The van der Waals surface area contributed by atoms with Crippen LogP contribution < -0.4 is 0 Å². The van der Waals surface area contributed by atoms with Gasteiger partial charge >= 0.3 is 0 Å². The number of rotatable bonds is 7. The summed E-state index contributed by atoms with van der Waals surface area (Å²) < 4.78 is 18.5. The van der Waals surface area contributed by atoms with Crippen molar-refractivity contribution in [3.05, 3.63) is 35.1 Å². The highest BCUT2D eigenvalue weighted by molar-refractivity contribution is 5.37. The van der Waals surface area contributed by atoms with Gasteiger partial charge in [0, 0.05) is 19.7 Å². The molecule has 0 bridgehead atoms. The second-order valence-corrected chi connectivity index (χ2v) is 3.98.